The molecule has 0 saturated heterocycles. The Bertz CT molecular complexity index is 547. The Morgan fingerprint density at radius 3 is 2.48 bits per heavy atom. The number of nitrogen functional groups attached to an aromatic ring is 1. The molecule has 0 bridgehead atoms. The normalized spacial score (nSPS) is 12.0. The predicted molar refractivity (Wildman–Crippen MR) is 78.7 cm³/mol. The monoisotopic (exact) mass is 297 g/mol. The molecular formula is C14H20FN3O3. The average Bonchev–Trinajstić information content (AvgIpc) is 2.38. The minimum Gasteiger partial charge on any atom is -0.478 e. The molecule has 0 fully saturated rings. The number of amides is 1. The van der Waals surface area contributed by atoms with Gasteiger partial charge in [-0.3, -0.25) is 4.79 Å². The van der Waals surface area contributed by atoms with Crippen LogP contribution in [0, 0.1) is 11.7 Å². The Labute approximate surface area is 122 Å². The highest BCUT2D eigenvalue weighted by Gasteiger charge is 2.18. The Morgan fingerprint density at radius 2 is 1.95 bits per heavy atom. The molecule has 0 spiro atoms. The summed E-state index contributed by atoms with van der Waals surface area (Å²) in [5, 5.41) is 14.3. The van der Waals surface area contributed by atoms with Crippen molar-refractivity contribution in [3.8, 4) is 0 Å². The summed E-state index contributed by atoms with van der Waals surface area (Å²) in [6.45, 7) is 5.98. The number of aromatic carboxylic acids is 1. The van der Waals surface area contributed by atoms with Crippen LogP contribution in [0.3, 0.4) is 0 Å². The van der Waals surface area contributed by atoms with E-state index in [1.807, 2.05) is 13.8 Å². The molecule has 0 radical (unpaired) electrons. The van der Waals surface area contributed by atoms with Crippen molar-refractivity contribution in [1.29, 1.82) is 0 Å². The van der Waals surface area contributed by atoms with E-state index >= 15 is 0 Å². The minimum absolute atomic E-state index is 0.0752. The van der Waals surface area contributed by atoms with Gasteiger partial charge in [0, 0.05) is 12.2 Å². The smallest absolute Gasteiger partial charge is 0.337 e. The fourth-order valence-corrected chi connectivity index (χ4v) is 1.64. The Morgan fingerprint density at radius 1 is 1.33 bits per heavy atom. The van der Waals surface area contributed by atoms with Gasteiger partial charge in [-0.15, -0.1) is 0 Å². The molecule has 6 nitrogen and oxygen atoms in total. The average molecular weight is 297 g/mol. The molecule has 1 atom stereocenters. The van der Waals surface area contributed by atoms with E-state index in [0.29, 0.717) is 12.5 Å². The van der Waals surface area contributed by atoms with Gasteiger partial charge in [0.25, 0.3) is 0 Å². The van der Waals surface area contributed by atoms with Crippen LogP contribution < -0.4 is 16.4 Å². The zero-order valence-corrected chi connectivity index (χ0v) is 12.2. The summed E-state index contributed by atoms with van der Waals surface area (Å²) >= 11 is 0. The van der Waals surface area contributed by atoms with Crippen LogP contribution in [0.1, 0.15) is 31.1 Å². The number of carbonyl (C=O) groups excluding carboxylic acids is 1. The van der Waals surface area contributed by atoms with E-state index < -0.39 is 17.8 Å². The number of carbonyl (C=O) groups is 2. The third-order valence-electron chi connectivity index (χ3n) is 2.82. The maximum Gasteiger partial charge on any atom is 0.337 e. The molecule has 116 valence electrons. The second-order valence-corrected chi connectivity index (χ2v) is 5.23. The van der Waals surface area contributed by atoms with Gasteiger partial charge in [0.2, 0.25) is 5.91 Å². The molecule has 1 aromatic rings. The lowest BCUT2D eigenvalue weighted by Gasteiger charge is -2.17. The fourth-order valence-electron chi connectivity index (χ4n) is 1.64. The van der Waals surface area contributed by atoms with Crippen molar-refractivity contribution in [2.45, 2.75) is 26.8 Å². The Balaban J connectivity index is 2.85. The van der Waals surface area contributed by atoms with E-state index in [0.717, 1.165) is 12.1 Å². The van der Waals surface area contributed by atoms with E-state index in [-0.39, 0.29) is 22.8 Å². The summed E-state index contributed by atoms with van der Waals surface area (Å²) in [6.07, 6.45) is 0. The maximum atomic E-state index is 13.8. The quantitative estimate of drug-likeness (QED) is 0.598. The molecule has 0 aliphatic rings. The van der Waals surface area contributed by atoms with Crippen molar-refractivity contribution in [3.05, 3.63) is 23.5 Å². The number of carboxylic acid groups (broad SMARTS) is 1. The summed E-state index contributed by atoms with van der Waals surface area (Å²) < 4.78 is 13.8. The topological polar surface area (TPSA) is 104 Å². The first-order valence-corrected chi connectivity index (χ1v) is 6.59. The number of nitrogens with one attached hydrogen (secondary N) is 2. The molecule has 0 heterocycles. The van der Waals surface area contributed by atoms with Crippen molar-refractivity contribution in [1.82, 2.24) is 5.32 Å². The van der Waals surface area contributed by atoms with Gasteiger partial charge in [0.15, 0.2) is 0 Å². The van der Waals surface area contributed by atoms with Gasteiger partial charge in [-0.1, -0.05) is 13.8 Å². The summed E-state index contributed by atoms with van der Waals surface area (Å²) in [6, 6.07) is 1.30. The van der Waals surface area contributed by atoms with Gasteiger partial charge >= 0.3 is 5.97 Å². The predicted octanol–water partition coefficient (Wildman–Crippen LogP) is 1.68. The number of anilines is 2. The SMILES string of the molecule is CC(C)CNC(=O)C(C)Nc1cc(C(=O)O)c(N)cc1F. The van der Waals surface area contributed by atoms with E-state index in [9.17, 15) is 14.0 Å². The number of rotatable bonds is 6. The van der Waals surface area contributed by atoms with Crippen LogP contribution in [0.4, 0.5) is 15.8 Å². The van der Waals surface area contributed by atoms with Gasteiger partial charge in [-0.2, -0.15) is 0 Å². The molecule has 0 aliphatic carbocycles. The molecule has 21 heavy (non-hydrogen) atoms. The zero-order valence-electron chi connectivity index (χ0n) is 12.2. The lowest BCUT2D eigenvalue weighted by atomic mass is 10.1. The molecule has 0 saturated carbocycles. The molecule has 7 heteroatoms. The standard InChI is InChI=1S/C14H20FN3O3/c1-7(2)6-17-13(19)8(3)18-12-4-9(14(20)21)11(16)5-10(12)15/h4-5,7-8,18H,6,16H2,1-3H3,(H,17,19)(H,20,21). The number of nitrogens with two attached hydrogens (primary N) is 1. The van der Waals surface area contributed by atoms with Crippen LogP contribution in [0.15, 0.2) is 12.1 Å². The molecule has 0 aromatic heterocycles. The number of halogens is 1. The summed E-state index contributed by atoms with van der Waals surface area (Å²) in [7, 11) is 0. The Hall–Kier alpha value is -2.31. The van der Waals surface area contributed by atoms with E-state index in [1.165, 1.54) is 0 Å². The Kier molecular flexibility index (Phi) is 5.52. The van der Waals surface area contributed by atoms with Crippen LogP contribution in [0.2, 0.25) is 0 Å². The van der Waals surface area contributed by atoms with Gasteiger partial charge in [-0.05, 0) is 25.0 Å². The number of benzene rings is 1. The van der Waals surface area contributed by atoms with Gasteiger partial charge in [0.05, 0.1) is 11.3 Å². The van der Waals surface area contributed by atoms with Gasteiger partial charge in [0.1, 0.15) is 11.9 Å². The maximum absolute atomic E-state index is 13.8. The third kappa shape index (κ3) is 4.62. The minimum atomic E-state index is -1.26. The van der Waals surface area contributed by atoms with Crippen molar-refractivity contribution < 1.29 is 19.1 Å². The highest BCUT2D eigenvalue weighted by molar-refractivity contribution is 5.95. The first-order chi connectivity index (χ1) is 9.72. The second kappa shape index (κ2) is 6.92. The van der Waals surface area contributed by atoms with E-state index in [4.69, 9.17) is 10.8 Å². The molecule has 1 unspecified atom stereocenters. The lowest BCUT2D eigenvalue weighted by molar-refractivity contribution is -0.121. The largest absolute Gasteiger partial charge is 0.478 e. The molecule has 1 aromatic carbocycles. The van der Waals surface area contributed by atoms with Crippen LogP contribution in [0.25, 0.3) is 0 Å². The van der Waals surface area contributed by atoms with E-state index in [2.05, 4.69) is 10.6 Å². The number of carboxylic acids is 1. The fraction of sp³-hybridized carbons (Fsp3) is 0.429. The zero-order chi connectivity index (χ0) is 16.2. The number of hydrogen-bond donors (Lipinski definition) is 4. The van der Waals surface area contributed by atoms with Crippen molar-refractivity contribution >= 4 is 23.3 Å². The first kappa shape index (κ1) is 16.7. The van der Waals surface area contributed by atoms with Gasteiger partial charge in [-0.25, -0.2) is 9.18 Å². The van der Waals surface area contributed by atoms with Crippen molar-refractivity contribution in [3.63, 3.8) is 0 Å². The van der Waals surface area contributed by atoms with Crippen molar-refractivity contribution in [2.75, 3.05) is 17.6 Å². The molecule has 0 aliphatic heterocycles. The molecular weight excluding hydrogens is 277 g/mol. The van der Waals surface area contributed by atoms with Crippen LogP contribution in [0.5, 0.6) is 0 Å². The first-order valence-electron chi connectivity index (χ1n) is 6.59. The molecule has 5 N–H and O–H groups in total. The summed E-state index contributed by atoms with van der Waals surface area (Å²) in [5.74, 6) is -1.96. The highest BCUT2D eigenvalue weighted by atomic mass is 19.1. The highest BCUT2D eigenvalue weighted by Crippen LogP contribution is 2.22. The van der Waals surface area contributed by atoms with Crippen molar-refractivity contribution in [2.24, 2.45) is 5.92 Å². The summed E-state index contributed by atoms with van der Waals surface area (Å²) in [5.41, 5.74) is 4.98. The van der Waals surface area contributed by atoms with Gasteiger partial charge < -0.3 is 21.5 Å². The van der Waals surface area contributed by atoms with Crippen LogP contribution >= 0.6 is 0 Å². The van der Waals surface area contributed by atoms with Crippen LogP contribution in [-0.2, 0) is 4.79 Å². The van der Waals surface area contributed by atoms with E-state index in [1.54, 1.807) is 6.92 Å². The third-order valence-corrected chi connectivity index (χ3v) is 2.82. The van der Waals surface area contributed by atoms with Crippen LogP contribution in [-0.4, -0.2) is 29.6 Å². The summed E-state index contributed by atoms with van der Waals surface area (Å²) in [4.78, 5) is 22.8. The molecule has 1 amide bonds. The second-order valence-electron chi connectivity index (χ2n) is 5.23. The number of hydrogen-bond acceptors (Lipinski definition) is 4. The lowest BCUT2D eigenvalue weighted by Crippen LogP contribution is -2.39. The molecule has 1 rings (SSSR count).